The van der Waals surface area contributed by atoms with Crippen LogP contribution in [0.25, 0.3) is 0 Å². The minimum absolute atomic E-state index is 0.164. The molecule has 42 heavy (non-hydrogen) atoms. The van der Waals surface area contributed by atoms with E-state index in [1.54, 1.807) is 0 Å². The molecule has 0 aliphatic rings. The van der Waals surface area contributed by atoms with Gasteiger partial charge in [0.2, 0.25) is 5.91 Å². The van der Waals surface area contributed by atoms with Gasteiger partial charge in [-0.25, -0.2) is 0 Å². The molecule has 0 spiro atoms. The minimum Gasteiger partial charge on any atom is -0.370 e. The number of carbonyl (C=O) groups is 1. The number of unbranched alkanes of at least 4 members (excludes halogenated alkanes) is 17. The van der Waals surface area contributed by atoms with E-state index >= 15 is 0 Å². The van der Waals surface area contributed by atoms with Crippen LogP contribution in [0.2, 0.25) is 0 Å². The summed E-state index contributed by atoms with van der Waals surface area (Å²) in [5, 5.41) is 0. The van der Waals surface area contributed by atoms with Crippen molar-refractivity contribution in [3.8, 4) is 0 Å². The van der Waals surface area contributed by atoms with Gasteiger partial charge in [-0.05, 0) is 55.7 Å². The lowest BCUT2D eigenvalue weighted by Gasteiger charge is -1.99. The van der Waals surface area contributed by atoms with Gasteiger partial charge >= 0.3 is 13.4 Å². The number of nitrogens with two attached hydrogens (primary N) is 1. The Hall–Kier alpha value is 0.270. The Morgan fingerprint density at radius 2 is 0.714 bits per heavy atom. The highest BCUT2D eigenvalue weighted by molar-refractivity contribution is 8.06. The standard InChI is InChI=1S/C18H35NO.2C6H14.2H3O3PS/c1-2-3-4-5-6-7-8-9-10-11-12-13-14-15-16-17-18(19)20;2*1-3-5-6-4-2;2*1-4(2,3)5/h9-10H,2-8,11-17H2,1H3,(H2,19,20);2*3-6H2,1-2H3;2*(H3,1,2,3,5). The summed E-state index contributed by atoms with van der Waals surface area (Å²) < 4.78 is 0. The van der Waals surface area contributed by atoms with E-state index in [4.69, 9.17) is 35.1 Å². The molecular weight excluding hydrogens is 612 g/mol. The van der Waals surface area contributed by atoms with Crippen molar-refractivity contribution in [3.05, 3.63) is 12.2 Å². The van der Waals surface area contributed by atoms with Crippen LogP contribution in [0.15, 0.2) is 12.2 Å². The summed E-state index contributed by atoms with van der Waals surface area (Å²) in [6, 6.07) is 0. The summed E-state index contributed by atoms with van der Waals surface area (Å²) in [7, 11) is 0. The lowest BCUT2D eigenvalue weighted by atomic mass is 10.1. The molecule has 0 unspecified atom stereocenters. The number of carbonyl (C=O) groups excluding carboxylic acids is 1. The molecule has 0 aliphatic heterocycles. The van der Waals surface area contributed by atoms with Crippen molar-refractivity contribution in [1.82, 2.24) is 0 Å². The van der Waals surface area contributed by atoms with E-state index in [0.29, 0.717) is 6.42 Å². The highest BCUT2D eigenvalue weighted by Crippen LogP contribution is 2.27. The van der Waals surface area contributed by atoms with Crippen LogP contribution in [0, 0.1) is 0 Å². The SMILES string of the molecule is CCCCCC.CCCCCC.CCCCCCCCC=CCCCCCCCC(N)=O.OP(O)(O)=S.OP(O)(O)=S. The molecule has 258 valence electrons. The summed E-state index contributed by atoms with van der Waals surface area (Å²) in [4.78, 5) is 55.9. The molecule has 0 saturated heterocycles. The Morgan fingerprint density at radius 1 is 0.500 bits per heavy atom. The van der Waals surface area contributed by atoms with E-state index < -0.39 is 13.4 Å². The third kappa shape index (κ3) is 115. The number of allylic oxidation sites excluding steroid dienone is 2. The van der Waals surface area contributed by atoms with Crippen molar-refractivity contribution < 1.29 is 34.2 Å². The lowest BCUT2D eigenvalue weighted by molar-refractivity contribution is -0.118. The first-order valence-corrected chi connectivity index (χ1v) is 21.4. The van der Waals surface area contributed by atoms with Crippen LogP contribution in [0.4, 0.5) is 0 Å². The van der Waals surface area contributed by atoms with Gasteiger partial charge in [0.1, 0.15) is 0 Å². The van der Waals surface area contributed by atoms with Gasteiger partial charge < -0.3 is 35.1 Å². The van der Waals surface area contributed by atoms with Crippen LogP contribution in [0.1, 0.15) is 176 Å². The zero-order chi connectivity index (χ0) is 33.5. The van der Waals surface area contributed by atoms with Gasteiger partial charge in [-0.2, -0.15) is 0 Å². The molecule has 0 atom stereocenters. The van der Waals surface area contributed by atoms with E-state index in [-0.39, 0.29) is 5.91 Å². The molecule has 0 aromatic heterocycles. The maximum atomic E-state index is 10.5. The minimum atomic E-state index is -3.81. The fourth-order valence-corrected chi connectivity index (χ4v) is 3.37. The molecule has 0 bridgehead atoms. The van der Waals surface area contributed by atoms with Crippen molar-refractivity contribution in [2.24, 2.45) is 5.73 Å². The Bertz CT molecular complexity index is 578. The van der Waals surface area contributed by atoms with Crippen molar-refractivity contribution in [3.63, 3.8) is 0 Å². The third-order valence-corrected chi connectivity index (χ3v) is 5.60. The highest BCUT2D eigenvalue weighted by atomic mass is 32.5. The van der Waals surface area contributed by atoms with Gasteiger partial charge in [0.25, 0.3) is 0 Å². The van der Waals surface area contributed by atoms with Crippen molar-refractivity contribution in [2.75, 3.05) is 0 Å². The second-order valence-corrected chi connectivity index (χ2v) is 15.2. The molecule has 0 aliphatic carbocycles. The van der Waals surface area contributed by atoms with E-state index in [0.717, 1.165) is 12.8 Å². The van der Waals surface area contributed by atoms with Crippen LogP contribution in [0.3, 0.4) is 0 Å². The summed E-state index contributed by atoms with van der Waals surface area (Å²) in [5.41, 5.74) is 5.10. The van der Waals surface area contributed by atoms with Crippen LogP contribution in [-0.4, -0.2) is 35.3 Å². The first-order valence-electron chi connectivity index (χ1n) is 16.1. The topological polar surface area (TPSA) is 164 Å². The second kappa shape index (κ2) is 43.4. The largest absolute Gasteiger partial charge is 0.370 e. The summed E-state index contributed by atoms with van der Waals surface area (Å²) >= 11 is 7.21. The van der Waals surface area contributed by atoms with Gasteiger partial charge in [0, 0.05) is 6.42 Å². The Kier molecular flexibility index (Phi) is 53.6. The van der Waals surface area contributed by atoms with E-state index in [9.17, 15) is 4.79 Å². The number of rotatable bonds is 21. The summed E-state index contributed by atoms with van der Waals surface area (Å²) in [6.45, 7) is 3.58. The molecule has 0 radical (unpaired) electrons. The second-order valence-electron chi connectivity index (χ2n) is 10.2. The first kappa shape index (κ1) is 51.8. The fourth-order valence-electron chi connectivity index (χ4n) is 3.37. The fraction of sp³-hybridized carbons (Fsp3) is 0.900. The maximum absolute atomic E-state index is 10.5. The van der Waals surface area contributed by atoms with Crippen molar-refractivity contribution in [1.29, 1.82) is 0 Å². The Balaban J connectivity index is -0.000000167. The van der Waals surface area contributed by atoms with Crippen LogP contribution < -0.4 is 5.73 Å². The molecule has 12 heteroatoms. The smallest absolute Gasteiger partial charge is 0.319 e. The molecule has 0 rings (SSSR count). The van der Waals surface area contributed by atoms with Crippen molar-refractivity contribution in [2.45, 2.75) is 176 Å². The Labute approximate surface area is 270 Å². The quantitative estimate of drug-likeness (QED) is 0.0356. The zero-order valence-electron chi connectivity index (χ0n) is 27.6. The van der Waals surface area contributed by atoms with E-state index in [2.05, 4.69) is 70.4 Å². The zero-order valence-corrected chi connectivity index (χ0v) is 31.0. The average molecular weight is 682 g/mol. The van der Waals surface area contributed by atoms with E-state index in [1.165, 1.54) is 122 Å². The number of primary amides is 1. The molecule has 0 aromatic carbocycles. The predicted molar refractivity (Wildman–Crippen MR) is 190 cm³/mol. The normalized spacial score (nSPS) is 10.7. The monoisotopic (exact) mass is 681 g/mol. The molecular formula is C30H69NO7P2S2. The maximum Gasteiger partial charge on any atom is 0.319 e. The molecule has 0 saturated carbocycles. The molecule has 1 amide bonds. The number of amides is 1. The molecule has 0 aromatic rings. The molecule has 8 N–H and O–H groups in total. The van der Waals surface area contributed by atoms with Crippen molar-refractivity contribution >= 4 is 43.0 Å². The number of hydrogen-bond acceptors (Lipinski definition) is 3. The first-order chi connectivity index (χ1) is 19.6. The van der Waals surface area contributed by atoms with Gasteiger partial charge in [-0.15, -0.1) is 0 Å². The van der Waals surface area contributed by atoms with Gasteiger partial charge in [-0.3, -0.25) is 4.79 Å². The number of hydrogen-bond donors (Lipinski definition) is 7. The average Bonchev–Trinajstić information content (AvgIpc) is 2.87. The summed E-state index contributed by atoms with van der Waals surface area (Å²) in [6.07, 6.45) is 33.0. The van der Waals surface area contributed by atoms with Crippen LogP contribution >= 0.6 is 13.4 Å². The van der Waals surface area contributed by atoms with E-state index in [1.807, 2.05) is 0 Å². The summed E-state index contributed by atoms with van der Waals surface area (Å²) in [5.74, 6) is -0.164. The van der Waals surface area contributed by atoms with Crippen LogP contribution in [0.5, 0.6) is 0 Å². The van der Waals surface area contributed by atoms with Crippen LogP contribution in [-0.2, 0) is 28.4 Å². The van der Waals surface area contributed by atoms with Gasteiger partial charge in [0.15, 0.2) is 0 Å². The molecule has 8 nitrogen and oxygen atoms in total. The molecule has 0 fully saturated rings. The van der Waals surface area contributed by atoms with Gasteiger partial charge in [-0.1, -0.05) is 150 Å². The Morgan fingerprint density at radius 3 is 0.976 bits per heavy atom. The van der Waals surface area contributed by atoms with Gasteiger partial charge in [0.05, 0.1) is 0 Å². The predicted octanol–water partition coefficient (Wildman–Crippen LogP) is 9.06. The highest BCUT2D eigenvalue weighted by Gasteiger charge is 1.95. The third-order valence-electron chi connectivity index (χ3n) is 5.60. The molecule has 0 heterocycles. The lowest BCUT2D eigenvalue weighted by Crippen LogP contribution is -2.09.